The van der Waals surface area contributed by atoms with Gasteiger partial charge in [-0.3, -0.25) is 9.69 Å². The van der Waals surface area contributed by atoms with Gasteiger partial charge in [-0.1, -0.05) is 6.42 Å². The first kappa shape index (κ1) is 15.6. The van der Waals surface area contributed by atoms with Crippen molar-refractivity contribution in [2.75, 3.05) is 19.6 Å². The van der Waals surface area contributed by atoms with Crippen LogP contribution in [0.3, 0.4) is 0 Å². The number of amides is 1. The molecule has 0 radical (unpaired) electrons. The predicted octanol–water partition coefficient (Wildman–Crippen LogP) is 2.70. The van der Waals surface area contributed by atoms with E-state index in [1.165, 1.54) is 31.4 Å². The van der Waals surface area contributed by atoms with Gasteiger partial charge in [0.1, 0.15) is 6.10 Å². The van der Waals surface area contributed by atoms with Crippen LogP contribution in [0.15, 0.2) is 12.1 Å². The Kier molecular flexibility index (Phi) is 3.92. The normalized spacial score (nSPS) is 29.9. The smallest absolute Gasteiger partial charge is 0.223 e. The van der Waals surface area contributed by atoms with Gasteiger partial charge in [-0.2, -0.15) is 0 Å². The molecule has 1 aliphatic carbocycles. The van der Waals surface area contributed by atoms with Crippen molar-refractivity contribution in [1.29, 1.82) is 0 Å². The van der Waals surface area contributed by atoms with Gasteiger partial charge in [-0.25, -0.2) is 4.98 Å². The Morgan fingerprint density at radius 1 is 1.04 bits per heavy atom. The summed E-state index contributed by atoms with van der Waals surface area (Å²) in [7, 11) is 0. The molecule has 0 N–H and O–H groups in total. The van der Waals surface area contributed by atoms with E-state index >= 15 is 0 Å². The molecule has 4 heterocycles. The maximum absolute atomic E-state index is 12.1. The van der Waals surface area contributed by atoms with Crippen LogP contribution in [0.4, 0.5) is 0 Å². The summed E-state index contributed by atoms with van der Waals surface area (Å²) in [5, 5.41) is 0. The second kappa shape index (κ2) is 6.27. The Morgan fingerprint density at radius 3 is 2.80 bits per heavy atom. The SMILES string of the molecule is O=C1CCCC2c3ccc(OC4CCN(C5CCC5)C4)nc3CCN12. The minimum atomic E-state index is 0.243. The monoisotopic (exact) mass is 341 g/mol. The highest BCUT2D eigenvalue weighted by Crippen LogP contribution is 2.37. The molecule has 0 bridgehead atoms. The fourth-order valence-corrected chi connectivity index (χ4v) is 4.92. The van der Waals surface area contributed by atoms with Crippen molar-refractivity contribution in [3.63, 3.8) is 0 Å². The third-order valence-corrected chi connectivity index (χ3v) is 6.55. The number of fused-ring (bicyclic) bond motifs is 3. The van der Waals surface area contributed by atoms with Crippen LogP contribution in [0.5, 0.6) is 5.88 Å². The second-order valence-electron chi connectivity index (χ2n) is 8.04. The van der Waals surface area contributed by atoms with E-state index in [9.17, 15) is 4.79 Å². The van der Waals surface area contributed by atoms with Gasteiger partial charge in [0.2, 0.25) is 11.8 Å². The highest BCUT2D eigenvalue weighted by Gasteiger charge is 2.35. The van der Waals surface area contributed by atoms with Gasteiger partial charge in [-0.15, -0.1) is 0 Å². The summed E-state index contributed by atoms with van der Waals surface area (Å²) < 4.78 is 6.21. The topological polar surface area (TPSA) is 45.7 Å². The van der Waals surface area contributed by atoms with Crippen molar-refractivity contribution < 1.29 is 9.53 Å². The van der Waals surface area contributed by atoms with E-state index in [0.717, 1.165) is 56.4 Å². The molecule has 25 heavy (non-hydrogen) atoms. The van der Waals surface area contributed by atoms with Gasteiger partial charge >= 0.3 is 0 Å². The number of carbonyl (C=O) groups is 1. The Bertz CT molecular complexity index is 673. The fraction of sp³-hybridized carbons (Fsp3) is 0.700. The lowest BCUT2D eigenvalue weighted by Crippen LogP contribution is -2.43. The molecule has 1 saturated carbocycles. The molecule has 2 atom stereocenters. The van der Waals surface area contributed by atoms with Gasteiger partial charge in [-0.05, 0) is 43.7 Å². The van der Waals surface area contributed by atoms with Crippen LogP contribution in [0, 0.1) is 0 Å². The van der Waals surface area contributed by atoms with Gasteiger partial charge in [0.15, 0.2) is 0 Å². The predicted molar refractivity (Wildman–Crippen MR) is 94.5 cm³/mol. The van der Waals surface area contributed by atoms with Crippen LogP contribution in [0.2, 0.25) is 0 Å². The molecule has 1 aromatic rings. The van der Waals surface area contributed by atoms with Crippen molar-refractivity contribution in [3.8, 4) is 5.88 Å². The van der Waals surface area contributed by atoms with Crippen LogP contribution in [-0.2, 0) is 11.2 Å². The zero-order valence-electron chi connectivity index (χ0n) is 14.8. The Morgan fingerprint density at radius 2 is 1.96 bits per heavy atom. The summed E-state index contributed by atoms with van der Waals surface area (Å²) in [6.07, 6.45) is 9.13. The van der Waals surface area contributed by atoms with Gasteiger partial charge in [0.05, 0.1) is 11.7 Å². The lowest BCUT2D eigenvalue weighted by Gasteiger charge is -2.40. The quantitative estimate of drug-likeness (QED) is 0.848. The Balaban J connectivity index is 1.28. The highest BCUT2D eigenvalue weighted by atomic mass is 16.5. The third kappa shape index (κ3) is 2.82. The first-order valence-electron chi connectivity index (χ1n) is 9.98. The van der Waals surface area contributed by atoms with Crippen molar-refractivity contribution in [2.24, 2.45) is 0 Å². The van der Waals surface area contributed by atoms with Crippen LogP contribution in [0.1, 0.15) is 62.2 Å². The van der Waals surface area contributed by atoms with Crippen molar-refractivity contribution in [2.45, 2.75) is 69.6 Å². The molecule has 134 valence electrons. The number of aromatic nitrogens is 1. The zero-order valence-corrected chi connectivity index (χ0v) is 14.8. The summed E-state index contributed by atoms with van der Waals surface area (Å²) in [4.78, 5) is 21.6. The number of likely N-dealkylation sites (tertiary alicyclic amines) is 1. The number of hydrogen-bond donors (Lipinski definition) is 0. The maximum Gasteiger partial charge on any atom is 0.223 e. The average molecular weight is 341 g/mol. The lowest BCUT2D eigenvalue weighted by atomic mass is 9.89. The van der Waals surface area contributed by atoms with E-state index in [0.29, 0.717) is 12.3 Å². The number of hydrogen-bond acceptors (Lipinski definition) is 4. The van der Waals surface area contributed by atoms with E-state index in [1.54, 1.807) is 0 Å². The molecule has 5 heteroatoms. The summed E-state index contributed by atoms with van der Waals surface area (Å²) in [5.41, 5.74) is 2.39. The van der Waals surface area contributed by atoms with Crippen molar-refractivity contribution in [3.05, 3.63) is 23.4 Å². The number of nitrogens with zero attached hydrogens (tertiary/aromatic N) is 3. The average Bonchev–Trinajstić information content (AvgIpc) is 3.01. The molecule has 2 unspecified atom stereocenters. The molecule has 5 rings (SSSR count). The molecule has 0 spiro atoms. The van der Waals surface area contributed by atoms with E-state index in [2.05, 4.69) is 15.9 Å². The van der Waals surface area contributed by atoms with Crippen LogP contribution >= 0.6 is 0 Å². The minimum Gasteiger partial charge on any atom is -0.473 e. The molecule has 1 amide bonds. The lowest BCUT2D eigenvalue weighted by molar-refractivity contribution is -0.137. The first-order valence-corrected chi connectivity index (χ1v) is 9.98. The molecule has 2 saturated heterocycles. The number of ether oxygens (including phenoxy) is 1. The second-order valence-corrected chi connectivity index (χ2v) is 8.04. The molecular weight excluding hydrogens is 314 g/mol. The third-order valence-electron chi connectivity index (χ3n) is 6.55. The van der Waals surface area contributed by atoms with Gasteiger partial charge in [0, 0.05) is 44.6 Å². The van der Waals surface area contributed by atoms with Crippen LogP contribution in [-0.4, -0.2) is 52.5 Å². The van der Waals surface area contributed by atoms with E-state index in [-0.39, 0.29) is 12.1 Å². The summed E-state index contributed by atoms with van der Waals surface area (Å²) >= 11 is 0. The van der Waals surface area contributed by atoms with Crippen LogP contribution < -0.4 is 4.74 Å². The van der Waals surface area contributed by atoms with E-state index in [4.69, 9.17) is 9.72 Å². The zero-order chi connectivity index (χ0) is 16.8. The number of carbonyl (C=O) groups excluding carboxylic acids is 1. The molecule has 3 fully saturated rings. The molecule has 0 aromatic carbocycles. The highest BCUT2D eigenvalue weighted by molar-refractivity contribution is 5.78. The van der Waals surface area contributed by atoms with Gasteiger partial charge in [0.25, 0.3) is 0 Å². The van der Waals surface area contributed by atoms with E-state index in [1.807, 2.05) is 6.07 Å². The number of rotatable bonds is 3. The molecule has 4 aliphatic rings. The summed E-state index contributed by atoms with van der Waals surface area (Å²) in [6, 6.07) is 5.23. The summed E-state index contributed by atoms with van der Waals surface area (Å²) in [6.45, 7) is 3.03. The first-order chi connectivity index (χ1) is 12.3. The molecule has 1 aromatic heterocycles. The molecular formula is C20H27N3O2. The Hall–Kier alpha value is -1.62. The fourth-order valence-electron chi connectivity index (χ4n) is 4.92. The van der Waals surface area contributed by atoms with Crippen molar-refractivity contribution >= 4 is 5.91 Å². The number of piperidine rings is 1. The molecule has 3 aliphatic heterocycles. The van der Waals surface area contributed by atoms with E-state index < -0.39 is 0 Å². The number of pyridine rings is 1. The van der Waals surface area contributed by atoms with Gasteiger partial charge < -0.3 is 9.64 Å². The van der Waals surface area contributed by atoms with Crippen molar-refractivity contribution in [1.82, 2.24) is 14.8 Å². The summed E-state index contributed by atoms with van der Waals surface area (Å²) in [5.74, 6) is 1.08. The largest absolute Gasteiger partial charge is 0.473 e. The van der Waals surface area contributed by atoms with Crippen LogP contribution in [0.25, 0.3) is 0 Å². The standard InChI is InChI=1S/C20H27N3O2/c24-20-6-2-5-18-16-7-8-19(21-17(16)10-12-23(18)20)25-15-9-11-22(13-15)14-3-1-4-14/h7-8,14-15,18H,1-6,9-13H2. The minimum absolute atomic E-state index is 0.243. The maximum atomic E-state index is 12.1. The molecule has 5 nitrogen and oxygen atoms in total. The Labute approximate surface area is 149 Å².